The Labute approximate surface area is 161 Å². The van der Waals surface area contributed by atoms with E-state index >= 15 is 0 Å². The summed E-state index contributed by atoms with van der Waals surface area (Å²) in [7, 11) is 1.60. The first kappa shape index (κ1) is 18.8. The minimum atomic E-state index is -0.198. The van der Waals surface area contributed by atoms with Crippen LogP contribution in [0.4, 0.5) is 11.6 Å². The van der Waals surface area contributed by atoms with Crippen LogP contribution >= 0.6 is 11.8 Å². The van der Waals surface area contributed by atoms with Crippen molar-refractivity contribution in [2.24, 2.45) is 0 Å². The van der Waals surface area contributed by atoms with Crippen LogP contribution in [0.2, 0.25) is 0 Å². The van der Waals surface area contributed by atoms with Crippen molar-refractivity contribution in [2.45, 2.75) is 18.1 Å². The predicted octanol–water partition coefficient (Wildman–Crippen LogP) is 2.84. The maximum absolute atomic E-state index is 12.4. The van der Waals surface area contributed by atoms with Gasteiger partial charge in [-0.15, -0.1) is 10.2 Å². The fourth-order valence-corrected chi connectivity index (χ4v) is 3.41. The number of thioether (sulfide) groups is 1. The number of nitrogens with two attached hydrogens (primary N) is 1. The molecule has 3 aromatic rings. The summed E-state index contributed by atoms with van der Waals surface area (Å²) in [6.45, 7) is 0.0541. The van der Waals surface area contributed by atoms with Gasteiger partial charge in [0.15, 0.2) is 5.16 Å². The number of amides is 1. The number of ether oxygens (including phenoxy) is 1. The van der Waals surface area contributed by atoms with Crippen LogP contribution in [0.25, 0.3) is 0 Å². The number of carbonyl (C=O) groups excluding carboxylic acids is 1. The minimum absolute atomic E-state index is 0.0541. The molecule has 0 aliphatic carbocycles. The fraction of sp³-hybridized carbons (Fsp3) is 0.211. The van der Waals surface area contributed by atoms with Crippen molar-refractivity contribution < 1.29 is 9.53 Å². The van der Waals surface area contributed by atoms with Gasteiger partial charge in [-0.25, -0.2) is 0 Å². The summed E-state index contributed by atoms with van der Waals surface area (Å²) < 4.78 is 6.73. The molecule has 0 aliphatic heterocycles. The molecule has 0 unspecified atom stereocenters. The van der Waals surface area contributed by atoms with Crippen molar-refractivity contribution in [3.63, 3.8) is 0 Å². The summed E-state index contributed by atoms with van der Waals surface area (Å²) in [4.78, 5) is 12.4. The zero-order chi connectivity index (χ0) is 19.1. The first-order valence-corrected chi connectivity index (χ1v) is 9.43. The Hall–Kier alpha value is -3.00. The Kier molecular flexibility index (Phi) is 6.32. The summed E-state index contributed by atoms with van der Waals surface area (Å²) in [5, 5.41) is 11.4. The Morgan fingerprint density at radius 1 is 1.15 bits per heavy atom. The summed E-state index contributed by atoms with van der Waals surface area (Å²) in [6, 6.07) is 17.3. The SMILES string of the molecule is COc1ccc(NC(=O)Cn2c(N)nnc2SCCc2ccccc2)cc1. The van der Waals surface area contributed by atoms with E-state index in [1.54, 1.807) is 35.9 Å². The fourth-order valence-electron chi connectivity index (χ4n) is 2.48. The number of methoxy groups -OCH3 is 1. The smallest absolute Gasteiger partial charge is 0.244 e. The van der Waals surface area contributed by atoms with Crippen LogP contribution in [0.3, 0.4) is 0 Å². The number of aryl methyl sites for hydroxylation is 1. The highest BCUT2D eigenvalue weighted by molar-refractivity contribution is 7.99. The molecule has 3 N–H and O–H groups in total. The number of anilines is 2. The number of hydrogen-bond acceptors (Lipinski definition) is 6. The second-order valence-electron chi connectivity index (χ2n) is 5.79. The van der Waals surface area contributed by atoms with Gasteiger partial charge in [0, 0.05) is 11.4 Å². The molecule has 8 heteroatoms. The second-order valence-corrected chi connectivity index (χ2v) is 6.85. The average Bonchev–Trinajstić information content (AvgIpc) is 3.03. The van der Waals surface area contributed by atoms with Crippen molar-refractivity contribution in [2.75, 3.05) is 23.9 Å². The number of benzene rings is 2. The quantitative estimate of drug-likeness (QED) is 0.581. The molecule has 7 nitrogen and oxygen atoms in total. The molecule has 27 heavy (non-hydrogen) atoms. The largest absolute Gasteiger partial charge is 0.497 e. The lowest BCUT2D eigenvalue weighted by molar-refractivity contribution is -0.116. The third-order valence-electron chi connectivity index (χ3n) is 3.89. The number of rotatable bonds is 8. The van der Waals surface area contributed by atoms with E-state index in [9.17, 15) is 4.79 Å². The van der Waals surface area contributed by atoms with Crippen LogP contribution < -0.4 is 15.8 Å². The molecule has 0 fully saturated rings. The molecule has 1 heterocycles. The van der Waals surface area contributed by atoms with E-state index in [0.29, 0.717) is 10.8 Å². The number of nitrogens with one attached hydrogen (secondary N) is 1. The van der Waals surface area contributed by atoms with E-state index in [-0.39, 0.29) is 18.4 Å². The highest BCUT2D eigenvalue weighted by Crippen LogP contribution is 2.20. The van der Waals surface area contributed by atoms with Gasteiger partial charge in [-0.1, -0.05) is 42.1 Å². The van der Waals surface area contributed by atoms with Gasteiger partial charge >= 0.3 is 0 Å². The Balaban J connectivity index is 1.57. The number of carbonyl (C=O) groups is 1. The van der Waals surface area contributed by atoms with Crippen LogP contribution in [-0.2, 0) is 17.8 Å². The van der Waals surface area contributed by atoms with Crippen LogP contribution in [0.1, 0.15) is 5.56 Å². The molecular formula is C19H21N5O2S. The molecule has 0 saturated heterocycles. The highest BCUT2D eigenvalue weighted by Gasteiger charge is 2.14. The van der Waals surface area contributed by atoms with Crippen LogP contribution in [0, 0.1) is 0 Å². The van der Waals surface area contributed by atoms with Gasteiger partial charge in [-0.05, 0) is 36.2 Å². The van der Waals surface area contributed by atoms with Crippen molar-refractivity contribution in [1.29, 1.82) is 0 Å². The lowest BCUT2D eigenvalue weighted by atomic mass is 10.2. The molecule has 0 radical (unpaired) electrons. The summed E-state index contributed by atoms with van der Waals surface area (Å²) in [5.74, 6) is 1.58. The van der Waals surface area contributed by atoms with Gasteiger partial charge in [0.25, 0.3) is 0 Å². The maximum atomic E-state index is 12.4. The molecule has 1 amide bonds. The Bertz CT molecular complexity index is 881. The number of nitrogens with zero attached hydrogens (tertiary/aromatic N) is 3. The zero-order valence-electron chi connectivity index (χ0n) is 15.0. The molecule has 2 aromatic carbocycles. The van der Waals surface area contributed by atoms with E-state index in [2.05, 4.69) is 27.6 Å². The van der Waals surface area contributed by atoms with Crippen molar-refractivity contribution in [3.8, 4) is 5.75 Å². The van der Waals surface area contributed by atoms with Gasteiger partial charge < -0.3 is 15.8 Å². The lowest BCUT2D eigenvalue weighted by Gasteiger charge is -2.09. The Morgan fingerprint density at radius 3 is 2.59 bits per heavy atom. The van der Waals surface area contributed by atoms with E-state index < -0.39 is 0 Å². The second kappa shape index (κ2) is 9.09. The van der Waals surface area contributed by atoms with Crippen LogP contribution in [-0.4, -0.2) is 33.5 Å². The summed E-state index contributed by atoms with van der Waals surface area (Å²) in [6.07, 6.45) is 0.899. The molecule has 3 rings (SSSR count). The van der Waals surface area contributed by atoms with Crippen molar-refractivity contribution >= 4 is 29.3 Å². The van der Waals surface area contributed by atoms with Crippen molar-refractivity contribution in [3.05, 3.63) is 60.2 Å². The summed E-state index contributed by atoms with van der Waals surface area (Å²) in [5.41, 5.74) is 7.82. The first-order valence-electron chi connectivity index (χ1n) is 8.45. The molecule has 0 bridgehead atoms. The standard InChI is InChI=1S/C19H21N5O2S/c1-26-16-9-7-15(8-10-16)21-17(25)13-24-18(20)22-23-19(24)27-12-11-14-5-3-2-4-6-14/h2-10H,11-13H2,1H3,(H2,20,22)(H,21,25). The molecule has 0 aliphatic rings. The van der Waals surface area contributed by atoms with E-state index in [1.807, 2.05) is 18.2 Å². The van der Waals surface area contributed by atoms with Gasteiger partial charge in [-0.2, -0.15) is 0 Å². The first-order chi connectivity index (χ1) is 13.2. The molecular weight excluding hydrogens is 362 g/mol. The monoisotopic (exact) mass is 383 g/mol. The molecule has 0 atom stereocenters. The molecule has 140 valence electrons. The van der Waals surface area contributed by atoms with Gasteiger partial charge in [0.1, 0.15) is 12.3 Å². The summed E-state index contributed by atoms with van der Waals surface area (Å²) >= 11 is 1.53. The highest BCUT2D eigenvalue weighted by atomic mass is 32.2. The number of aromatic nitrogens is 3. The molecule has 0 spiro atoms. The predicted molar refractivity (Wildman–Crippen MR) is 107 cm³/mol. The van der Waals surface area contributed by atoms with E-state index in [1.165, 1.54) is 17.3 Å². The average molecular weight is 383 g/mol. The molecule has 1 aromatic heterocycles. The van der Waals surface area contributed by atoms with Crippen LogP contribution in [0.15, 0.2) is 59.8 Å². The van der Waals surface area contributed by atoms with E-state index in [4.69, 9.17) is 10.5 Å². The topological polar surface area (TPSA) is 95.1 Å². The lowest BCUT2D eigenvalue weighted by Crippen LogP contribution is -2.20. The number of nitrogen functional groups attached to an aromatic ring is 1. The van der Waals surface area contributed by atoms with Crippen molar-refractivity contribution in [1.82, 2.24) is 14.8 Å². The maximum Gasteiger partial charge on any atom is 0.244 e. The zero-order valence-corrected chi connectivity index (χ0v) is 15.8. The van der Waals surface area contributed by atoms with E-state index in [0.717, 1.165) is 17.9 Å². The van der Waals surface area contributed by atoms with Gasteiger partial charge in [0.2, 0.25) is 11.9 Å². The number of hydrogen-bond donors (Lipinski definition) is 2. The third-order valence-corrected chi connectivity index (χ3v) is 4.85. The Morgan fingerprint density at radius 2 is 1.89 bits per heavy atom. The molecule has 0 saturated carbocycles. The normalized spacial score (nSPS) is 10.6. The minimum Gasteiger partial charge on any atom is -0.497 e. The van der Waals surface area contributed by atoms with Crippen LogP contribution in [0.5, 0.6) is 5.75 Å². The third kappa shape index (κ3) is 5.24. The van der Waals surface area contributed by atoms with Gasteiger partial charge in [-0.3, -0.25) is 9.36 Å². The van der Waals surface area contributed by atoms with Gasteiger partial charge in [0.05, 0.1) is 7.11 Å².